The van der Waals surface area contributed by atoms with Gasteiger partial charge in [0.15, 0.2) is 0 Å². The molecule has 0 radical (unpaired) electrons. The molecule has 40 heavy (non-hydrogen) atoms. The molecule has 0 heterocycles. The first kappa shape index (κ1) is 30.6. The van der Waals surface area contributed by atoms with Gasteiger partial charge in [0.1, 0.15) is 6.61 Å². The van der Waals surface area contributed by atoms with Crippen molar-refractivity contribution in [2.75, 3.05) is 24.7 Å². The fourth-order valence-electron chi connectivity index (χ4n) is 4.42. The topological polar surface area (TPSA) is 55.8 Å². The minimum absolute atomic E-state index is 0.105. The Morgan fingerprint density at radius 1 is 0.825 bits per heavy atom. The maximum Gasteiger partial charge on any atom is 0.340 e. The molecule has 0 aliphatic heterocycles. The Labute approximate surface area is 239 Å². The van der Waals surface area contributed by atoms with Crippen LogP contribution in [0, 0.1) is 0 Å². The lowest BCUT2D eigenvalue weighted by molar-refractivity contribution is -0.122. The maximum atomic E-state index is 13.8. The van der Waals surface area contributed by atoms with Gasteiger partial charge in [-0.2, -0.15) is 0 Å². The normalized spacial score (nSPS) is 11.2. The molecule has 0 aliphatic carbocycles. The maximum absolute atomic E-state index is 13.8. The van der Waals surface area contributed by atoms with Gasteiger partial charge in [-0.3, -0.25) is 4.79 Å². The SMILES string of the molecule is CCOC(=O)c1cccc(Cc2ccccc2)c1N(Cc1ccccc1)C(=O)COC/C=C(\C)CCC=C(C)C. The van der Waals surface area contributed by atoms with Crippen LogP contribution >= 0.6 is 0 Å². The van der Waals surface area contributed by atoms with E-state index in [0.29, 0.717) is 30.8 Å². The summed E-state index contributed by atoms with van der Waals surface area (Å²) in [6.07, 6.45) is 6.76. The Bertz CT molecular complexity index is 1290. The fourth-order valence-corrected chi connectivity index (χ4v) is 4.42. The monoisotopic (exact) mass is 539 g/mol. The summed E-state index contributed by atoms with van der Waals surface area (Å²) in [4.78, 5) is 28.6. The third kappa shape index (κ3) is 9.65. The lowest BCUT2D eigenvalue weighted by Gasteiger charge is -2.28. The van der Waals surface area contributed by atoms with E-state index in [4.69, 9.17) is 9.47 Å². The number of carbonyl (C=O) groups excluding carboxylic acids is 2. The Morgan fingerprint density at radius 3 is 2.15 bits per heavy atom. The summed E-state index contributed by atoms with van der Waals surface area (Å²) in [5.74, 6) is -0.667. The first-order valence-electron chi connectivity index (χ1n) is 13.9. The third-order valence-electron chi connectivity index (χ3n) is 6.47. The summed E-state index contributed by atoms with van der Waals surface area (Å²) < 4.78 is 11.2. The van der Waals surface area contributed by atoms with Gasteiger partial charge in [-0.25, -0.2) is 4.79 Å². The molecular weight excluding hydrogens is 498 g/mol. The number of carbonyl (C=O) groups is 2. The number of esters is 1. The lowest BCUT2D eigenvalue weighted by atomic mass is 9.98. The van der Waals surface area contributed by atoms with Crippen LogP contribution < -0.4 is 4.90 Å². The lowest BCUT2D eigenvalue weighted by Crippen LogP contribution is -2.36. The number of hydrogen-bond donors (Lipinski definition) is 0. The van der Waals surface area contributed by atoms with Crippen LogP contribution in [0.5, 0.6) is 0 Å². The Balaban J connectivity index is 1.91. The van der Waals surface area contributed by atoms with Crippen LogP contribution in [-0.4, -0.2) is 31.7 Å². The second-order valence-corrected chi connectivity index (χ2v) is 10.0. The number of nitrogens with zero attached hydrogens (tertiary/aromatic N) is 1. The zero-order valence-electron chi connectivity index (χ0n) is 24.2. The van der Waals surface area contributed by atoms with Gasteiger partial charge in [0.05, 0.1) is 31.0 Å². The average molecular weight is 540 g/mol. The number of rotatable bonds is 14. The van der Waals surface area contributed by atoms with Gasteiger partial charge in [-0.15, -0.1) is 0 Å². The van der Waals surface area contributed by atoms with E-state index in [1.165, 1.54) is 11.1 Å². The molecule has 0 saturated heterocycles. The van der Waals surface area contributed by atoms with E-state index in [1.807, 2.05) is 78.9 Å². The van der Waals surface area contributed by atoms with Crippen LogP contribution in [0.2, 0.25) is 0 Å². The number of anilines is 1. The molecule has 0 N–H and O–H groups in total. The molecule has 0 spiro atoms. The molecule has 3 aromatic rings. The minimum Gasteiger partial charge on any atom is -0.462 e. The van der Waals surface area contributed by atoms with E-state index < -0.39 is 5.97 Å². The molecule has 0 aliphatic rings. The highest BCUT2D eigenvalue weighted by Gasteiger charge is 2.26. The predicted octanol–water partition coefficient (Wildman–Crippen LogP) is 7.70. The summed E-state index contributed by atoms with van der Waals surface area (Å²) in [6, 6.07) is 25.4. The van der Waals surface area contributed by atoms with Crippen LogP contribution in [-0.2, 0) is 27.2 Å². The zero-order chi connectivity index (χ0) is 28.7. The molecule has 0 saturated carbocycles. The van der Waals surface area contributed by atoms with E-state index in [-0.39, 0.29) is 19.1 Å². The van der Waals surface area contributed by atoms with E-state index in [2.05, 4.69) is 26.8 Å². The average Bonchev–Trinajstić information content (AvgIpc) is 2.95. The molecular formula is C35H41NO4. The van der Waals surface area contributed by atoms with Crippen LogP contribution in [0.15, 0.2) is 102 Å². The van der Waals surface area contributed by atoms with Crippen molar-refractivity contribution in [2.24, 2.45) is 0 Å². The number of hydrogen-bond acceptors (Lipinski definition) is 4. The van der Waals surface area contributed by atoms with Crippen LogP contribution in [0.25, 0.3) is 0 Å². The van der Waals surface area contributed by atoms with Crippen molar-refractivity contribution in [2.45, 2.75) is 53.5 Å². The molecule has 0 bridgehead atoms. The summed E-state index contributed by atoms with van der Waals surface area (Å²) in [6.45, 7) is 8.85. The van der Waals surface area contributed by atoms with Crippen molar-refractivity contribution in [1.29, 1.82) is 0 Å². The molecule has 1 amide bonds. The molecule has 0 aromatic heterocycles. The van der Waals surface area contributed by atoms with Crippen LogP contribution in [0.3, 0.4) is 0 Å². The highest BCUT2D eigenvalue weighted by Crippen LogP contribution is 2.30. The molecule has 3 aromatic carbocycles. The second-order valence-electron chi connectivity index (χ2n) is 10.0. The first-order valence-corrected chi connectivity index (χ1v) is 13.9. The van der Waals surface area contributed by atoms with Gasteiger partial charge in [0, 0.05) is 0 Å². The van der Waals surface area contributed by atoms with Crippen molar-refractivity contribution in [3.63, 3.8) is 0 Å². The highest BCUT2D eigenvalue weighted by atomic mass is 16.5. The molecule has 3 rings (SSSR count). The third-order valence-corrected chi connectivity index (χ3v) is 6.47. The molecule has 5 heteroatoms. The van der Waals surface area contributed by atoms with Crippen LogP contribution in [0.4, 0.5) is 5.69 Å². The van der Waals surface area contributed by atoms with Gasteiger partial charge >= 0.3 is 5.97 Å². The van der Waals surface area contributed by atoms with Gasteiger partial charge < -0.3 is 14.4 Å². The van der Waals surface area contributed by atoms with Crippen molar-refractivity contribution in [3.05, 3.63) is 124 Å². The summed E-state index contributed by atoms with van der Waals surface area (Å²) >= 11 is 0. The number of para-hydroxylation sites is 1. The van der Waals surface area contributed by atoms with E-state index in [9.17, 15) is 9.59 Å². The van der Waals surface area contributed by atoms with E-state index in [1.54, 1.807) is 17.9 Å². The molecule has 0 atom stereocenters. The van der Waals surface area contributed by atoms with Crippen molar-refractivity contribution in [1.82, 2.24) is 0 Å². The van der Waals surface area contributed by atoms with Gasteiger partial charge in [-0.1, -0.05) is 96.1 Å². The van der Waals surface area contributed by atoms with Crippen molar-refractivity contribution < 1.29 is 19.1 Å². The number of ether oxygens (including phenoxy) is 2. The summed E-state index contributed by atoms with van der Waals surface area (Å²) in [5, 5.41) is 0. The molecule has 210 valence electrons. The minimum atomic E-state index is -0.450. The number of benzene rings is 3. The Morgan fingerprint density at radius 2 is 1.50 bits per heavy atom. The van der Waals surface area contributed by atoms with Crippen molar-refractivity contribution >= 4 is 17.6 Å². The molecule has 0 unspecified atom stereocenters. The Kier molecular flexibility index (Phi) is 12.4. The number of amides is 1. The largest absolute Gasteiger partial charge is 0.462 e. The van der Waals surface area contributed by atoms with E-state index >= 15 is 0 Å². The quantitative estimate of drug-likeness (QED) is 0.120. The highest BCUT2D eigenvalue weighted by molar-refractivity contribution is 6.04. The van der Waals surface area contributed by atoms with Gasteiger partial charge in [0.2, 0.25) is 0 Å². The van der Waals surface area contributed by atoms with Crippen molar-refractivity contribution in [3.8, 4) is 0 Å². The smallest absolute Gasteiger partial charge is 0.340 e. The molecule has 0 fully saturated rings. The standard InChI is InChI=1S/C35H41NO4/c1-5-40-35(38)32-21-13-20-31(24-29-16-8-6-9-17-29)34(32)36(25-30-18-10-7-11-19-30)33(37)26-39-23-22-28(4)15-12-14-27(2)3/h6-11,13-14,16-22H,5,12,15,23-26H2,1-4H3/b28-22+. The van der Waals surface area contributed by atoms with Gasteiger partial charge in [-0.05, 0) is 69.7 Å². The van der Waals surface area contributed by atoms with Crippen LogP contribution in [0.1, 0.15) is 67.6 Å². The molecule has 5 nitrogen and oxygen atoms in total. The summed E-state index contributed by atoms with van der Waals surface area (Å²) in [5.41, 5.74) is 6.38. The number of allylic oxidation sites excluding steroid dienone is 3. The predicted molar refractivity (Wildman–Crippen MR) is 163 cm³/mol. The zero-order valence-corrected chi connectivity index (χ0v) is 24.2. The van der Waals surface area contributed by atoms with Gasteiger partial charge in [0.25, 0.3) is 5.91 Å². The first-order chi connectivity index (χ1) is 19.4. The Hall–Kier alpha value is -3.96. The second kappa shape index (κ2) is 16.2. The fraction of sp³-hybridized carbons (Fsp3) is 0.314. The van der Waals surface area contributed by atoms with E-state index in [0.717, 1.165) is 29.5 Å². The summed E-state index contributed by atoms with van der Waals surface area (Å²) in [7, 11) is 0.